The molecule has 0 fully saturated rings. The molecule has 0 amide bonds. The number of fused-ring (bicyclic) bond motifs is 1. The molecular formula is C14H13ClN2OS. The van der Waals surface area contributed by atoms with Crippen molar-refractivity contribution < 1.29 is 5.11 Å². The summed E-state index contributed by atoms with van der Waals surface area (Å²) in [5, 5.41) is 10.2. The normalized spacial score (nSPS) is 12.9. The van der Waals surface area contributed by atoms with E-state index in [1.165, 1.54) is 11.3 Å². The van der Waals surface area contributed by atoms with Crippen molar-refractivity contribution in [3.63, 3.8) is 0 Å². The Hall–Kier alpha value is -1.36. The second-order valence-corrected chi connectivity index (χ2v) is 6.25. The van der Waals surface area contributed by atoms with E-state index < -0.39 is 6.10 Å². The zero-order valence-corrected chi connectivity index (χ0v) is 11.7. The number of rotatable bonds is 4. The first-order chi connectivity index (χ1) is 9.22. The van der Waals surface area contributed by atoms with Crippen molar-refractivity contribution in [3.8, 4) is 0 Å². The minimum Gasteiger partial charge on any atom is -0.391 e. The number of hydrogen-bond acceptors (Lipinski definition) is 3. The van der Waals surface area contributed by atoms with Crippen LogP contribution in [-0.2, 0) is 13.0 Å². The summed E-state index contributed by atoms with van der Waals surface area (Å²) < 4.78 is 2.74. The molecule has 1 unspecified atom stereocenters. The second-order valence-electron chi connectivity index (χ2n) is 4.45. The van der Waals surface area contributed by atoms with E-state index in [1.807, 2.05) is 41.0 Å². The zero-order valence-electron chi connectivity index (χ0n) is 10.2. The highest BCUT2D eigenvalue weighted by molar-refractivity contribution is 7.16. The summed E-state index contributed by atoms with van der Waals surface area (Å²) in [5.74, 6) is 0. The Bertz CT molecular complexity index is 691. The predicted octanol–water partition coefficient (Wildman–Crippen LogP) is 3.35. The van der Waals surface area contributed by atoms with Gasteiger partial charge in [-0.3, -0.25) is 0 Å². The minimum absolute atomic E-state index is 0.438. The van der Waals surface area contributed by atoms with E-state index >= 15 is 0 Å². The van der Waals surface area contributed by atoms with Gasteiger partial charge in [0.15, 0.2) is 0 Å². The molecule has 0 saturated heterocycles. The number of nitrogens with zero attached hydrogens (tertiary/aromatic N) is 2. The van der Waals surface area contributed by atoms with Crippen molar-refractivity contribution in [3.05, 3.63) is 51.9 Å². The lowest BCUT2D eigenvalue weighted by Crippen LogP contribution is -2.17. The van der Waals surface area contributed by atoms with Gasteiger partial charge in [0, 0.05) is 11.3 Å². The van der Waals surface area contributed by atoms with Crippen LogP contribution in [0.2, 0.25) is 4.34 Å². The Morgan fingerprint density at radius 3 is 2.89 bits per heavy atom. The van der Waals surface area contributed by atoms with Gasteiger partial charge in [-0.2, -0.15) is 0 Å². The molecule has 3 rings (SSSR count). The topological polar surface area (TPSA) is 38.0 Å². The molecule has 98 valence electrons. The van der Waals surface area contributed by atoms with Crippen molar-refractivity contribution >= 4 is 34.0 Å². The smallest absolute Gasteiger partial charge is 0.0959 e. The molecule has 0 aliphatic heterocycles. The van der Waals surface area contributed by atoms with Crippen LogP contribution in [0, 0.1) is 0 Å². The third kappa shape index (κ3) is 2.81. The Balaban J connectivity index is 1.74. The molecule has 1 N–H and O–H groups in total. The lowest BCUT2D eigenvalue weighted by atomic mass is 10.2. The summed E-state index contributed by atoms with van der Waals surface area (Å²) in [6, 6.07) is 11.7. The molecule has 1 aromatic carbocycles. The highest BCUT2D eigenvalue weighted by atomic mass is 35.5. The van der Waals surface area contributed by atoms with Gasteiger partial charge in [-0.15, -0.1) is 11.3 Å². The largest absolute Gasteiger partial charge is 0.391 e. The van der Waals surface area contributed by atoms with Gasteiger partial charge in [0.1, 0.15) is 0 Å². The molecule has 2 heterocycles. The molecule has 0 bridgehead atoms. The summed E-state index contributed by atoms with van der Waals surface area (Å²) >= 11 is 7.40. The SMILES string of the molecule is OC(Cc1ccc(Cl)s1)Cn1cnc2ccccc21. The molecule has 2 aromatic heterocycles. The number of benzene rings is 1. The van der Waals surface area contributed by atoms with Gasteiger partial charge in [0.2, 0.25) is 0 Å². The van der Waals surface area contributed by atoms with E-state index in [-0.39, 0.29) is 0 Å². The number of hydrogen-bond donors (Lipinski definition) is 1. The van der Waals surface area contributed by atoms with E-state index in [4.69, 9.17) is 11.6 Å². The number of aliphatic hydroxyl groups is 1. The van der Waals surface area contributed by atoms with Crippen LogP contribution >= 0.6 is 22.9 Å². The van der Waals surface area contributed by atoms with Crippen molar-refractivity contribution in [1.82, 2.24) is 9.55 Å². The molecule has 0 aliphatic carbocycles. The lowest BCUT2D eigenvalue weighted by Gasteiger charge is -2.11. The summed E-state index contributed by atoms with van der Waals surface area (Å²) in [5.41, 5.74) is 2.00. The summed E-state index contributed by atoms with van der Waals surface area (Å²) in [6.45, 7) is 0.538. The predicted molar refractivity (Wildman–Crippen MR) is 78.8 cm³/mol. The average Bonchev–Trinajstić information content (AvgIpc) is 2.97. The van der Waals surface area contributed by atoms with Gasteiger partial charge in [-0.05, 0) is 24.3 Å². The van der Waals surface area contributed by atoms with Gasteiger partial charge >= 0.3 is 0 Å². The quantitative estimate of drug-likeness (QED) is 0.801. The molecule has 5 heteroatoms. The van der Waals surface area contributed by atoms with E-state index in [9.17, 15) is 5.11 Å². The Labute approximate surface area is 120 Å². The van der Waals surface area contributed by atoms with E-state index in [1.54, 1.807) is 6.33 Å². The fraction of sp³-hybridized carbons (Fsp3) is 0.214. The number of para-hydroxylation sites is 2. The van der Waals surface area contributed by atoms with Crippen LogP contribution in [-0.4, -0.2) is 20.8 Å². The average molecular weight is 293 g/mol. The highest BCUT2D eigenvalue weighted by Gasteiger charge is 2.10. The van der Waals surface area contributed by atoms with E-state index in [2.05, 4.69) is 4.98 Å². The molecule has 3 nitrogen and oxygen atoms in total. The Morgan fingerprint density at radius 2 is 2.11 bits per heavy atom. The van der Waals surface area contributed by atoms with Gasteiger partial charge in [0.05, 0.1) is 34.3 Å². The van der Waals surface area contributed by atoms with Crippen LogP contribution in [0.25, 0.3) is 11.0 Å². The molecular weight excluding hydrogens is 280 g/mol. The fourth-order valence-electron chi connectivity index (χ4n) is 2.14. The molecule has 0 aliphatic rings. The minimum atomic E-state index is -0.438. The first-order valence-electron chi connectivity index (χ1n) is 6.04. The van der Waals surface area contributed by atoms with Crippen LogP contribution < -0.4 is 0 Å². The Kier molecular flexibility index (Phi) is 3.55. The van der Waals surface area contributed by atoms with Gasteiger partial charge in [0.25, 0.3) is 0 Å². The summed E-state index contributed by atoms with van der Waals surface area (Å²) in [4.78, 5) is 5.42. The van der Waals surface area contributed by atoms with Crippen LogP contribution in [0.5, 0.6) is 0 Å². The first kappa shape index (κ1) is 12.7. The third-order valence-corrected chi connectivity index (χ3v) is 4.25. The monoisotopic (exact) mass is 292 g/mol. The number of aromatic nitrogens is 2. The van der Waals surface area contributed by atoms with Crippen LogP contribution in [0.3, 0.4) is 0 Å². The molecule has 1 atom stereocenters. The molecule has 0 radical (unpaired) electrons. The highest BCUT2D eigenvalue weighted by Crippen LogP contribution is 2.23. The number of thiophene rings is 1. The standard InChI is InChI=1S/C14H13ClN2OS/c15-14-6-5-11(19-14)7-10(18)8-17-9-16-12-3-1-2-4-13(12)17/h1-6,9-10,18H,7-8H2. The van der Waals surface area contributed by atoms with Crippen LogP contribution in [0.15, 0.2) is 42.7 Å². The Morgan fingerprint density at radius 1 is 1.26 bits per heavy atom. The maximum absolute atomic E-state index is 10.2. The fourth-order valence-corrected chi connectivity index (χ4v) is 3.30. The summed E-state index contributed by atoms with van der Waals surface area (Å²) in [7, 11) is 0. The zero-order chi connectivity index (χ0) is 13.2. The summed E-state index contributed by atoms with van der Waals surface area (Å²) in [6.07, 6.45) is 1.95. The van der Waals surface area contributed by atoms with Crippen molar-refractivity contribution in [1.29, 1.82) is 0 Å². The van der Waals surface area contributed by atoms with Crippen LogP contribution in [0.4, 0.5) is 0 Å². The van der Waals surface area contributed by atoms with Crippen LogP contribution in [0.1, 0.15) is 4.88 Å². The number of aliphatic hydroxyl groups excluding tert-OH is 1. The molecule has 0 spiro atoms. The second kappa shape index (κ2) is 5.33. The maximum atomic E-state index is 10.2. The van der Waals surface area contributed by atoms with Gasteiger partial charge in [-0.1, -0.05) is 23.7 Å². The molecule has 3 aromatic rings. The number of imidazole rings is 1. The molecule has 0 saturated carbocycles. The lowest BCUT2D eigenvalue weighted by molar-refractivity contribution is 0.156. The van der Waals surface area contributed by atoms with Gasteiger partial charge in [-0.25, -0.2) is 4.98 Å². The number of halogens is 1. The van der Waals surface area contributed by atoms with Crippen molar-refractivity contribution in [2.45, 2.75) is 19.1 Å². The molecule has 19 heavy (non-hydrogen) atoms. The maximum Gasteiger partial charge on any atom is 0.0959 e. The van der Waals surface area contributed by atoms with E-state index in [0.29, 0.717) is 13.0 Å². The van der Waals surface area contributed by atoms with E-state index in [0.717, 1.165) is 20.2 Å². The van der Waals surface area contributed by atoms with Crippen molar-refractivity contribution in [2.75, 3.05) is 0 Å². The van der Waals surface area contributed by atoms with Gasteiger partial charge < -0.3 is 9.67 Å². The third-order valence-electron chi connectivity index (χ3n) is 3.00. The van der Waals surface area contributed by atoms with Crippen molar-refractivity contribution in [2.24, 2.45) is 0 Å². The first-order valence-corrected chi connectivity index (χ1v) is 7.24.